The van der Waals surface area contributed by atoms with Crippen LogP contribution >= 0.6 is 0 Å². The quantitative estimate of drug-likeness (QED) is 0.320. The molecule has 2 aromatic heterocycles. The second-order valence-electron chi connectivity index (χ2n) is 9.34. The van der Waals surface area contributed by atoms with Gasteiger partial charge < -0.3 is 20.8 Å². The van der Waals surface area contributed by atoms with E-state index in [1.807, 2.05) is 0 Å². The minimum atomic E-state index is -4.81. The van der Waals surface area contributed by atoms with Crippen molar-refractivity contribution in [2.45, 2.75) is 24.4 Å². The Kier molecular flexibility index (Phi) is 6.09. The molecular formula is C27H22F4N4O3. The molecule has 4 aromatic rings. The average Bonchev–Trinajstić information content (AvgIpc) is 3.46. The Morgan fingerprint density at radius 3 is 2.53 bits per heavy atom. The van der Waals surface area contributed by atoms with Crippen molar-refractivity contribution in [1.29, 1.82) is 0 Å². The van der Waals surface area contributed by atoms with Gasteiger partial charge in [-0.2, -0.15) is 13.2 Å². The standard InChI is InChI=1S/C27H22F4N4O3/c1-26(25(32)37)13-38-23-17(26)11-20(35-22(23)14-6-8-16(28)9-7-14)18(27(29,30)31)12-33-24(36)21-10-15-4-2-3-5-19(15)34-21/h2-11,18,34H,12-13H2,1H3,(H2,32,37)(H,33,36)/t18?,26-/m0/s1. The molecule has 2 amide bonds. The number of carbonyl (C=O) groups excluding carboxylic acids is 2. The number of fused-ring (bicyclic) bond motifs is 2. The number of nitrogens with zero attached hydrogens (tertiary/aromatic N) is 1. The number of aromatic amines is 1. The van der Waals surface area contributed by atoms with Gasteiger partial charge in [-0.1, -0.05) is 18.2 Å². The van der Waals surface area contributed by atoms with Crippen LogP contribution in [0.25, 0.3) is 22.2 Å². The van der Waals surface area contributed by atoms with Crippen molar-refractivity contribution in [2.24, 2.45) is 5.73 Å². The van der Waals surface area contributed by atoms with E-state index >= 15 is 0 Å². The SMILES string of the molecule is C[C@]1(C(N)=O)COc2c1cc(C(CNC(=O)c1cc3ccccc3[nH]1)C(F)(F)F)nc2-c1ccc(F)cc1. The number of alkyl halides is 3. The first-order valence-corrected chi connectivity index (χ1v) is 11.6. The van der Waals surface area contributed by atoms with E-state index in [0.29, 0.717) is 11.1 Å². The first-order chi connectivity index (χ1) is 18.0. The van der Waals surface area contributed by atoms with Gasteiger partial charge in [-0.3, -0.25) is 9.59 Å². The predicted octanol–water partition coefficient (Wildman–Crippen LogP) is 4.58. The van der Waals surface area contributed by atoms with Crippen LogP contribution in [-0.2, 0) is 10.2 Å². The minimum absolute atomic E-state index is 0.0127. The number of nitrogens with two attached hydrogens (primary N) is 1. The largest absolute Gasteiger partial charge is 0.489 e. The van der Waals surface area contributed by atoms with Gasteiger partial charge >= 0.3 is 6.18 Å². The van der Waals surface area contributed by atoms with Crippen LogP contribution in [0.5, 0.6) is 5.75 Å². The maximum atomic E-state index is 14.3. The van der Waals surface area contributed by atoms with E-state index in [2.05, 4.69) is 15.3 Å². The van der Waals surface area contributed by atoms with Gasteiger partial charge in [0.2, 0.25) is 5.91 Å². The molecule has 0 radical (unpaired) electrons. The number of para-hydroxylation sites is 1. The Morgan fingerprint density at radius 2 is 1.87 bits per heavy atom. The molecule has 2 atom stereocenters. The highest BCUT2D eigenvalue weighted by atomic mass is 19.4. The number of carbonyl (C=O) groups is 2. The lowest BCUT2D eigenvalue weighted by atomic mass is 9.82. The van der Waals surface area contributed by atoms with Crippen molar-refractivity contribution >= 4 is 22.7 Å². The number of aromatic nitrogens is 2. The van der Waals surface area contributed by atoms with Crippen LogP contribution in [0.15, 0.2) is 60.7 Å². The Morgan fingerprint density at radius 1 is 1.16 bits per heavy atom. The number of rotatable bonds is 6. The topological polar surface area (TPSA) is 110 Å². The van der Waals surface area contributed by atoms with Gasteiger partial charge in [0.15, 0.2) is 0 Å². The lowest BCUT2D eigenvalue weighted by Gasteiger charge is -2.24. The summed E-state index contributed by atoms with van der Waals surface area (Å²) in [4.78, 5) is 32.1. The van der Waals surface area contributed by atoms with Crippen molar-refractivity contribution in [1.82, 2.24) is 15.3 Å². The Labute approximate surface area is 214 Å². The fraction of sp³-hybridized carbons (Fsp3) is 0.222. The van der Waals surface area contributed by atoms with Crippen molar-refractivity contribution in [2.75, 3.05) is 13.2 Å². The molecule has 0 saturated heterocycles. The Balaban J connectivity index is 1.55. The summed E-state index contributed by atoms with van der Waals surface area (Å²) in [7, 11) is 0. The van der Waals surface area contributed by atoms with Gasteiger partial charge in [0.1, 0.15) is 40.9 Å². The predicted molar refractivity (Wildman–Crippen MR) is 131 cm³/mol. The second-order valence-corrected chi connectivity index (χ2v) is 9.34. The van der Waals surface area contributed by atoms with E-state index < -0.39 is 47.4 Å². The van der Waals surface area contributed by atoms with E-state index in [9.17, 15) is 27.2 Å². The average molecular weight is 526 g/mol. The molecule has 1 unspecified atom stereocenters. The van der Waals surface area contributed by atoms with Crippen LogP contribution in [0, 0.1) is 5.82 Å². The summed E-state index contributed by atoms with van der Waals surface area (Å²) >= 11 is 0. The van der Waals surface area contributed by atoms with Gasteiger partial charge in [0.25, 0.3) is 5.91 Å². The number of hydrogen-bond donors (Lipinski definition) is 3. The Bertz CT molecular complexity index is 1520. The summed E-state index contributed by atoms with van der Waals surface area (Å²) in [6.45, 7) is 0.463. The monoisotopic (exact) mass is 526 g/mol. The molecule has 38 heavy (non-hydrogen) atoms. The van der Waals surface area contributed by atoms with Crippen molar-refractivity contribution < 1.29 is 31.9 Å². The number of halogens is 4. The molecule has 196 valence electrons. The maximum absolute atomic E-state index is 14.3. The fourth-order valence-corrected chi connectivity index (χ4v) is 4.46. The number of pyridine rings is 1. The number of primary amides is 1. The first-order valence-electron chi connectivity index (χ1n) is 11.6. The number of nitrogens with one attached hydrogen (secondary N) is 2. The summed E-state index contributed by atoms with van der Waals surface area (Å²) in [5.74, 6) is -4.17. The number of hydrogen-bond acceptors (Lipinski definition) is 4. The zero-order chi connectivity index (χ0) is 27.2. The minimum Gasteiger partial charge on any atom is -0.489 e. The molecule has 7 nitrogen and oxygen atoms in total. The maximum Gasteiger partial charge on any atom is 0.398 e. The van der Waals surface area contributed by atoms with E-state index in [1.54, 1.807) is 30.3 Å². The highest BCUT2D eigenvalue weighted by Gasteiger charge is 2.47. The van der Waals surface area contributed by atoms with E-state index in [1.165, 1.54) is 19.1 Å². The van der Waals surface area contributed by atoms with Crippen LogP contribution in [-0.4, -0.2) is 41.1 Å². The van der Waals surface area contributed by atoms with Gasteiger partial charge in [-0.15, -0.1) is 0 Å². The lowest BCUT2D eigenvalue weighted by molar-refractivity contribution is -0.149. The summed E-state index contributed by atoms with van der Waals surface area (Å²) in [6.07, 6.45) is -4.81. The fourth-order valence-electron chi connectivity index (χ4n) is 4.46. The summed E-state index contributed by atoms with van der Waals surface area (Å²) in [6, 6.07) is 14.7. The van der Waals surface area contributed by atoms with Crippen molar-refractivity contribution in [3.8, 4) is 17.0 Å². The molecule has 5 rings (SSSR count). The molecular weight excluding hydrogens is 504 g/mol. The third kappa shape index (κ3) is 4.44. The normalized spacial score (nSPS) is 17.6. The zero-order valence-electron chi connectivity index (χ0n) is 20.0. The third-order valence-corrected chi connectivity index (χ3v) is 6.75. The van der Waals surface area contributed by atoms with E-state index in [-0.39, 0.29) is 29.3 Å². The highest BCUT2D eigenvalue weighted by Crippen LogP contribution is 2.46. The molecule has 3 heterocycles. The number of H-pyrrole nitrogens is 1. The molecule has 4 N–H and O–H groups in total. The molecule has 2 aromatic carbocycles. The van der Waals surface area contributed by atoms with Crippen LogP contribution in [0.2, 0.25) is 0 Å². The van der Waals surface area contributed by atoms with Gasteiger partial charge in [0.05, 0.1) is 5.69 Å². The zero-order valence-corrected chi connectivity index (χ0v) is 20.0. The number of amides is 2. The van der Waals surface area contributed by atoms with Crippen LogP contribution in [0.3, 0.4) is 0 Å². The van der Waals surface area contributed by atoms with Gasteiger partial charge in [-0.25, -0.2) is 9.37 Å². The molecule has 0 aliphatic carbocycles. The van der Waals surface area contributed by atoms with Crippen molar-refractivity contribution in [3.05, 3.63) is 83.4 Å². The van der Waals surface area contributed by atoms with Gasteiger partial charge in [0, 0.05) is 28.6 Å². The molecule has 0 bridgehead atoms. The van der Waals surface area contributed by atoms with Crippen LogP contribution in [0.4, 0.5) is 17.6 Å². The molecule has 1 aliphatic heterocycles. The third-order valence-electron chi connectivity index (χ3n) is 6.75. The summed E-state index contributed by atoms with van der Waals surface area (Å²) in [5, 5.41) is 3.08. The second kappa shape index (κ2) is 9.16. The number of benzene rings is 2. The smallest absolute Gasteiger partial charge is 0.398 e. The van der Waals surface area contributed by atoms with Gasteiger partial charge in [-0.05, 0) is 49.4 Å². The molecule has 1 aliphatic rings. The highest BCUT2D eigenvalue weighted by molar-refractivity contribution is 5.98. The van der Waals surface area contributed by atoms with Crippen molar-refractivity contribution in [3.63, 3.8) is 0 Å². The Hall–Kier alpha value is -4.41. The first kappa shape index (κ1) is 25.2. The van der Waals surface area contributed by atoms with E-state index in [4.69, 9.17) is 10.5 Å². The lowest BCUT2D eigenvalue weighted by Crippen LogP contribution is -2.40. The van der Waals surface area contributed by atoms with Crippen LogP contribution < -0.4 is 15.8 Å². The number of ether oxygens (including phenoxy) is 1. The molecule has 0 fully saturated rings. The summed E-state index contributed by atoms with van der Waals surface area (Å²) in [5.41, 5.74) is 4.96. The molecule has 11 heteroatoms. The summed E-state index contributed by atoms with van der Waals surface area (Å²) < 4.78 is 62.3. The molecule has 0 spiro atoms. The van der Waals surface area contributed by atoms with Crippen LogP contribution in [0.1, 0.15) is 34.6 Å². The van der Waals surface area contributed by atoms with E-state index in [0.717, 1.165) is 23.6 Å². The molecule has 0 saturated carbocycles.